The zero-order valence-corrected chi connectivity index (χ0v) is 12.0. The van der Waals surface area contributed by atoms with Crippen LogP contribution in [0.5, 0.6) is 0 Å². The number of amides is 1. The molecule has 0 aliphatic rings. The van der Waals surface area contributed by atoms with Gasteiger partial charge >= 0.3 is 0 Å². The standard InChI is InChI=1S/C16H16N4O/c1-11-7-14(13-5-3-4-6-15(13)19-11)16(21)20(2)10-12-8-17-18-9-12/h3-9H,10H2,1-2H3,(H,17,18). The van der Waals surface area contributed by atoms with E-state index in [-0.39, 0.29) is 5.91 Å². The van der Waals surface area contributed by atoms with Crippen LogP contribution in [0.1, 0.15) is 21.6 Å². The lowest BCUT2D eigenvalue weighted by molar-refractivity contribution is 0.0787. The number of H-pyrrole nitrogens is 1. The number of para-hydroxylation sites is 1. The molecule has 0 atom stereocenters. The summed E-state index contributed by atoms with van der Waals surface area (Å²) < 4.78 is 0. The summed E-state index contributed by atoms with van der Waals surface area (Å²) in [7, 11) is 1.79. The molecule has 0 spiro atoms. The summed E-state index contributed by atoms with van der Waals surface area (Å²) in [6, 6.07) is 9.55. The molecule has 106 valence electrons. The van der Waals surface area contributed by atoms with Gasteiger partial charge in [-0.25, -0.2) is 0 Å². The van der Waals surface area contributed by atoms with Crippen LogP contribution >= 0.6 is 0 Å². The first kappa shape index (κ1) is 13.3. The van der Waals surface area contributed by atoms with Crippen LogP contribution in [-0.4, -0.2) is 33.0 Å². The number of aromatic amines is 1. The lowest BCUT2D eigenvalue weighted by Crippen LogP contribution is -2.26. The van der Waals surface area contributed by atoms with Crippen molar-refractivity contribution in [3.05, 3.63) is 59.5 Å². The zero-order chi connectivity index (χ0) is 14.8. The number of hydrogen-bond donors (Lipinski definition) is 1. The highest BCUT2D eigenvalue weighted by molar-refractivity contribution is 6.06. The molecule has 2 heterocycles. The van der Waals surface area contributed by atoms with E-state index in [9.17, 15) is 4.79 Å². The van der Waals surface area contributed by atoms with Crippen molar-refractivity contribution in [3.63, 3.8) is 0 Å². The first-order valence-electron chi connectivity index (χ1n) is 6.74. The van der Waals surface area contributed by atoms with E-state index in [1.54, 1.807) is 24.3 Å². The maximum Gasteiger partial charge on any atom is 0.254 e. The van der Waals surface area contributed by atoms with E-state index in [0.29, 0.717) is 12.1 Å². The average molecular weight is 280 g/mol. The minimum atomic E-state index is -0.0158. The second-order valence-electron chi connectivity index (χ2n) is 5.10. The van der Waals surface area contributed by atoms with E-state index in [1.165, 1.54) is 0 Å². The highest BCUT2D eigenvalue weighted by Crippen LogP contribution is 2.20. The number of nitrogens with zero attached hydrogens (tertiary/aromatic N) is 3. The largest absolute Gasteiger partial charge is 0.337 e. The van der Waals surface area contributed by atoms with Crippen molar-refractivity contribution in [3.8, 4) is 0 Å². The molecule has 0 unspecified atom stereocenters. The van der Waals surface area contributed by atoms with Crippen molar-refractivity contribution < 1.29 is 4.79 Å². The number of fused-ring (bicyclic) bond motifs is 1. The molecule has 3 rings (SSSR count). The Morgan fingerprint density at radius 2 is 2.14 bits per heavy atom. The van der Waals surface area contributed by atoms with E-state index in [4.69, 9.17) is 0 Å². The van der Waals surface area contributed by atoms with E-state index >= 15 is 0 Å². The molecule has 0 saturated carbocycles. The van der Waals surface area contributed by atoms with Crippen LogP contribution in [0, 0.1) is 6.92 Å². The topological polar surface area (TPSA) is 61.9 Å². The quantitative estimate of drug-likeness (QED) is 0.802. The van der Waals surface area contributed by atoms with Crippen LogP contribution in [-0.2, 0) is 6.54 Å². The summed E-state index contributed by atoms with van der Waals surface area (Å²) in [4.78, 5) is 18.9. The van der Waals surface area contributed by atoms with E-state index in [2.05, 4.69) is 15.2 Å². The average Bonchev–Trinajstić information content (AvgIpc) is 2.98. The Hall–Kier alpha value is -2.69. The summed E-state index contributed by atoms with van der Waals surface area (Å²) in [5.74, 6) is -0.0158. The van der Waals surface area contributed by atoms with E-state index < -0.39 is 0 Å². The Bertz CT molecular complexity index is 780. The molecule has 0 radical (unpaired) electrons. The first-order chi connectivity index (χ1) is 10.1. The fraction of sp³-hybridized carbons (Fsp3) is 0.188. The van der Waals surface area contributed by atoms with Crippen molar-refractivity contribution in [2.24, 2.45) is 0 Å². The van der Waals surface area contributed by atoms with E-state index in [1.807, 2.05) is 37.3 Å². The molecule has 0 fully saturated rings. The van der Waals surface area contributed by atoms with Crippen LogP contribution in [0.4, 0.5) is 0 Å². The number of carbonyl (C=O) groups excluding carboxylic acids is 1. The minimum absolute atomic E-state index is 0.0158. The van der Waals surface area contributed by atoms with Gasteiger partial charge in [-0.15, -0.1) is 0 Å². The molecule has 0 aliphatic heterocycles. The molecular formula is C16H16N4O. The second-order valence-corrected chi connectivity index (χ2v) is 5.10. The molecule has 5 heteroatoms. The molecule has 1 amide bonds. The minimum Gasteiger partial charge on any atom is -0.337 e. The summed E-state index contributed by atoms with van der Waals surface area (Å²) in [5, 5.41) is 7.53. The van der Waals surface area contributed by atoms with Gasteiger partial charge in [0, 0.05) is 36.4 Å². The molecule has 21 heavy (non-hydrogen) atoms. The lowest BCUT2D eigenvalue weighted by atomic mass is 10.1. The second kappa shape index (κ2) is 5.36. The predicted octanol–water partition coefficient (Wildman–Crippen LogP) is 2.54. The molecule has 0 saturated heterocycles. The smallest absolute Gasteiger partial charge is 0.254 e. The Labute approximate surface area is 122 Å². The highest BCUT2D eigenvalue weighted by Gasteiger charge is 2.16. The van der Waals surface area contributed by atoms with Gasteiger partial charge in [-0.3, -0.25) is 14.9 Å². The summed E-state index contributed by atoms with van der Waals surface area (Å²) in [6.07, 6.45) is 3.51. The maximum absolute atomic E-state index is 12.7. The predicted molar refractivity (Wildman–Crippen MR) is 80.9 cm³/mol. The van der Waals surface area contributed by atoms with Crippen LogP contribution < -0.4 is 0 Å². The number of hydrogen-bond acceptors (Lipinski definition) is 3. The van der Waals surface area contributed by atoms with Gasteiger partial charge in [-0.2, -0.15) is 5.10 Å². The summed E-state index contributed by atoms with van der Waals surface area (Å²) >= 11 is 0. The number of pyridine rings is 1. The summed E-state index contributed by atoms with van der Waals surface area (Å²) in [6.45, 7) is 2.42. The third-order valence-electron chi connectivity index (χ3n) is 3.40. The van der Waals surface area contributed by atoms with E-state index in [0.717, 1.165) is 22.2 Å². The fourth-order valence-corrected chi connectivity index (χ4v) is 2.40. The Morgan fingerprint density at radius 3 is 2.90 bits per heavy atom. The van der Waals surface area contributed by atoms with Crippen LogP contribution in [0.25, 0.3) is 10.9 Å². The zero-order valence-electron chi connectivity index (χ0n) is 12.0. The van der Waals surface area contributed by atoms with Crippen LogP contribution in [0.2, 0.25) is 0 Å². The van der Waals surface area contributed by atoms with Crippen molar-refractivity contribution in [1.29, 1.82) is 0 Å². The van der Waals surface area contributed by atoms with Crippen molar-refractivity contribution >= 4 is 16.8 Å². The van der Waals surface area contributed by atoms with Gasteiger partial charge in [0.25, 0.3) is 5.91 Å². The highest BCUT2D eigenvalue weighted by atomic mass is 16.2. The number of aryl methyl sites for hydroxylation is 1. The maximum atomic E-state index is 12.7. The third-order valence-corrected chi connectivity index (χ3v) is 3.40. The number of benzene rings is 1. The molecule has 1 N–H and O–H groups in total. The SMILES string of the molecule is Cc1cc(C(=O)N(C)Cc2cn[nH]c2)c2ccccc2n1. The molecular weight excluding hydrogens is 264 g/mol. The fourth-order valence-electron chi connectivity index (χ4n) is 2.40. The van der Waals surface area contributed by atoms with Crippen LogP contribution in [0.15, 0.2) is 42.7 Å². The van der Waals surface area contributed by atoms with Crippen molar-refractivity contribution in [1.82, 2.24) is 20.1 Å². The monoisotopic (exact) mass is 280 g/mol. The van der Waals surface area contributed by atoms with Gasteiger partial charge in [-0.05, 0) is 19.1 Å². The van der Waals surface area contributed by atoms with Gasteiger partial charge in [0.05, 0.1) is 17.3 Å². The lowest BCUT2D eigenvalue weighted by Gasteiger charge is -2.17. The van der Waals surface area contributed by atoms with Gasteiger partial charge in [0.15, 0.2) is 0 Å². The normalized spacial score (nSPS) is 10.8. The molecule has 1 aromatic carbocycles. The molecule has 0 aliphatic carbocycles. The number of aromatic nitrogens is 3. The Kier molecular flexibility index (Phi) is 3.39. The Balaban J connectivity index is 1.97. The van der Waals surface area contributed by atoms with Crippen LogP contribution in [0.3, 0.4) is 0 Å². The number of nitrogens with one attached hydrogen (secondary N) is 1. The van der Waals surface area contributed by atoms with Gasteiger partial charge in [0.2, 0.25) is 0 Å². The Morgan fingerprint density at radius 1 is 1.33 bits per heavy atom. The third kappa shape index (κ3) is 2.63. The number of carbonyl (C=O) groups is 1. The first-order valence-corrected chi connectivity index (χ1v) is 6.74. The van der Waals surface area contributed by atoms with Gasteiger partial charge in [-0.1, -0.05) is 18.2 Å². The van der Waals surface area contributed by atoms with Crippen molar-refractivity contribution in [2.75, 3.05) is 7.05 Å². The molecule has 3 aromatic rings. The molecule has 5 nitrogen and oxygen atoms in total. The van der Waals surface area contributed by atoms with Gasteiger partial charge < -0.3 is 4.90 Å². The molecule has 0 bridgehead atoms. The van der Waals surface area contributed by atoms with Crippen molar-refractivity contribution in [2.45, 2.75) is 13.5 Å². The molecule has 2 aromatic heterocycles. The number of rotatable bonds is 3. The summed E-state index contributed by atoms with van der Waals surface area (Å²) in [5.41, 5.74) is 3.34. The van der Waals surface area contributed by atoms with Gasteiger partial charge in [0.1, 0.15) is 0 Å².